The van der Waals surface area contributed by atoms with E-state index in [1.54, 1.807) is 62.7 Å². The summed E-state index contributed by atoms with van der Waals surface area (Å²) < 4.78 is 69.8. The van der Waals surface area contributed by atoms with E-state index in [1.807, 2.05) is 55.1 Å². The maximum absolute atomic E-state index is 16.1. The molecular formula is C61H70F3N7O10S. The second-order valence-corrected chi connectivity index (χ2v) is 23.7. The summed E-state index contributed by atoms with van der Waals surface area (Å²) in [5.41, 5.74) is 4.36. The predicted octanol–water partition coefficient (Wildman–Crippen LogP) is 8.04. The molecule has 0 saturated carbocycles. The molecule has 1 fully saturated rings. The second-order valence-electron chi connectivity index (χ2n) is 22.8. The number of nitrogens with zero attached hydrogens (tertiary/aromatic N) is 4. The van der Waals surface area contributed by atoms with Gasteiger partial charge in [0.2, 0.25) is 17.7 Å². The van der Waals surface area contributed by atoms with Crippen molar-refractivity contribution in [3.63, 3.8) is 0 Å². The van der Waals surface area contributed by atoms with Crippen molar-refractivity contribution in [2.24, 2.45) is 5.41 Å². The van der Waals surface area contributed by atoms with Gasteiger partial charge in [0.15, 0.2) is 0 Å². The second kappa shape index (κ2) is 25.2. The standard InChI is InChI=1S/C61H70F3N7O10S/c1-35-26-44-41-12-10-11-15-47(41)66-52(44)53(71(35)33-61(6,7)64)51-45(62)28-40(29-46(51)63)81-25-24-79-21-20-78-22-23-80-32-50(73)68-55(60(3,4)5)59(77)69-30-39(72)27-49(69)56(74)67-48(31-70-57(75)42-13-8-9-14-43(42)58(70)76)37-16-18-38(19-17-37)54-36(2)65-34-82-54/h8-19,28-29,34-35,39,48-49,53,55,66,72H,20-27,30-33H2,1-7H3,(H,67,74)(H,68,73)/t35-,39-,48?,49+,53-,55?/m1/s1. The van der Waals surface area contributed by atoms with Crippen LogP contribution in [0, 0.1) is 24.0 Å². The number of aryl methyl sites for hydroxylation is 1. The molecular weight excluding hydrogens is 1080 g/mol. The number of rotatable bonds is 23. The smallest absolute Gasteiger partial charge is 0.261 e. The Labute approximate surface area is 478 Å². The van der Waals surface area contributed by atoms with Gasteiger partial charge in [0.05, 0.1) is 85.0 Å². The number of ether oxygens (including phenoxy) is 4. The van der Waals surface area contributed by atoms with Crippen LogP contribution in [0.1, 0.15) is 109 Å². The van der Waals surface area contributed by atoms with Gasteiger partial charge < -0.3 is 44.6 Å². The molecule has 5 amide bonds. The highest BCUT2D eigenvalue weighted by atomic mass is 32.1. The predicted molar refractivity (Wildman–Crippen MR) is 302 cm³/mol. The maximum atomic E-state index is 16.1. The lowest BCUT2D eigenvalue weighted by molar-refractivity contribution is -0.144. The zero-order valence-corrected chi connectivity index (χ0v) is 47.9. The number of aliphatic hydroxyl groups is 1. The number of aromatic nitrogens is 2. The molecule has 0 aliphatic carbocycles. The van der Waals surface area contributed by atoms with Gasteiger partial charge in [-0.3, -0.25) is 33.8 Å². The Morgan fingerprint density at radius 2 is 1.48 bits per heavy atom. The Kier molecular flexibility index (Phi) is 18.3. The van der Waals surface area contributed by atoms with Crippen molar-refractivity contribution in [2.45, 2.75) is 103 Å². The molecule has 17 nitrogen and oxygen atoms in total. The number of likely N-dealkylation sites (tertiary alicyclic amines) is 1. The van der Waals surface area contributed by atoms with Crippen molar-refractivity contribution in [3.05, 3.63) is 141 Å². The molecule has 4 N–H and O–H groups in total. The Bertz CT molecular complexity index is 3250. The molecule has 9 rings (SSSR count). The first-order valence-corrected chi connectivity index (χ1v) is 28.4. The van der Waals surface area contributed by atoms with Crippen LogP contribution in [-0.2, 0) is 35.0 Å². The van der Waals surface area contributed by atoms with Crippen molar-refractivity contribution in [1.82, 2.24) is 35.3 Å². The number of aromatic amines is 1. The van der Waals surface area contributed by atoms with Crippen LogP contribution in [0.15, 0.2) is 90.4 Å². The Morgan fingerprint density at radius 1 is 0.854 bits per heavy atom. The van der Waals surface area contributed by atoms with Crippen molar-refractivity contribution < 1.29 is 61.2 Å². The van der Waals surface area contributed by atoms with Gasteiger partial charge >= 0.3 is 0 Å². The molecule has 6 atom stereocenters. The number of imide groups is 1. The van der Waals surface area contributed by atoms with Crippen molar-refractivity contribution in [2.75, 3.05) is 65.9 Å². The molecule has 1 saturated heterocycles. The number of amides is 5. The van der Waals surface area contributed by atoms with Gasteiger partial charge in [-0.1, -0.05) is 75.4 Å². The highest BCUT2D eigenvalue weighted by Crippen LogP contribution is 2.44. The van der Waals surface area contributed by atoms with E-state index in [0.717, 1.165) is 49.6 Å². The van der Waals surface area contributed by atoms with Crippen molar-refractivity contribution in [3.8, 4) is 16.2 Å². The van der Waals surface area contributed by atoms with Crippen LogP contribution in [-0.4, -0.2) is 155 Å². The number of hydrogen-bond acceptors (Lipinski definition) is 13. The number of nitrogens with one attached hydrogen (secondary N) is 3. The number of hydrogen-bond donors (Lipinski definition) is 4. The van der Waals surface area contributed by atoms with Crippen LogP contribution < -0.4 is 15.4 Å². The highest BCUT2D eigenvalue weighted by molar-refractivity contribution is 7.13. The summed E-state index contributed by atoms with van der Waals surface area (Å²) in [6.07, 6.45) is -0.565. The summed E-state index contributed by atoms with van der Waals surface area (Å²) in [5.74, 6) is -4.46. The van der Waals surface area contributed by atoms with E-state index in [4.69, 9.17) is 18.9 Å². The molecule has 82 heavy (non-hydrogen) atoms. The van der Waals surface area contributed by atoms with E-state index < -0.39 is 89.1 Å². The topological polar surface area (TPSA) is 205 Å². The lowest BCUT2D eigenvalue weighted by atomic mass is 9.85. The fourth-order valence-corrected chi connectivity index (χ4v) is 11.9. The number of H-pyrrole nitrogens is 1. The van der Waals surface area contributed by atoms with Gasteiger partial charge in [-0.05, 0) is 74.4 Å². The van der Waals surface area contributed by atoms with E-state index in [1.165, 1.54) is 30.1 Å². The van der Waals surface area contributed by atoms with Gasteiger partial charge in [0.1, 0.15) is 48.4 Å². The third-order valence-corrected chi connectivity index (χ3v) is 16.0. The van der Waals surface area contributed by atoms with E-state index in [9.17, 15) is 29.1 Å². The van der Waals surface area contributed by atoms with E-state index >= 15 is 13.2 Å². The summed E-state index contributed by atoms with van der Waals surface area (Å²) in [5, 5.41) is 17.6. The SMILES string of the molecule is Cc1ncsc1-c1ccc(C(CN2C(=O)c3ccccc3C2=O)NC(=O)[C@@H]2C[C@@H](O)CN2C(=O)C(NC(=O)COCCOCCOCCOc2cc(F)c([C@@H]3c4[nH]c5ccccc5c4C[C@@H](C)N3CC(C)(C)F)c(F)c2)C(C)(C)C)cc1. The molecule has 3 aliphatic rings. The van der Waals surface area contributed by atoms with Crippen LogP contribution >= 0.6 is 11.3 Å². The molecule has 2 aromatic heterocycles. The number of fused-ring (bicyclic) bond motifs is 4. The summed E-state index contributed by atoms with van der Waals surface area (Å²) in [7, 11) is 0. The first kappa shape index (κ1) is 59.6. The largest absolute Gasteiger partial charge is 0.491 e. The minimum absolute atomic E-state index is 0.0127. The number of carbonyl (C=O) groups is 5. The van der Waals surface area contributed by atoms with Gasteiger partial charge in [0, 0.05) is 59.8 Å². The summed E-state index contributed by atoms with van der Waals surface area (Å²) in [6.45, 7) is 11.7. The number of aliphatic hydroxyl groups excluding tert-OH is 1. The Hall–Kier alpha value is -7.01. The first-order chi connectivity index (χ1) is 39.1. The lowest BCUT2D eigenvalue weighted by Crippen LogP contribution is -2.58. The zero-order chi connectivity index (χ0) is 58.6. The number of alkyl halides is 1. The number of benzene rings is 4. The number of carbonyl (C=O) groups excluding carboxylic acids is 5. The minimum atomic E-state index is -1.63. The Morgan fingerprint density at radius 3 is 2.10 bits per heavy atom. The molecule has 4 aromatic carbocycles. The van der Waals surface area contributed by atoms with Crippen LogP contribution in [0.3, 0.4) is 0 Å². The molecule has 2 unspecified atom stereocenters. The quantitative estimate of drug-likeness (QED) is 0.0356. The van der Waals surface area contributed by atoms with E-state index in [-0.39, 0.29) is 94.2 Å². The molecule has 0 radical (unpaired) electrons. The van der Waals surface area contributed by atoms with E-state index in [0.29, 0.717) is 17.7 Å². The minimum Gasteiger partial charge on any atom is -0.491 e. The maximum Gasteiger partial charge on any atom is 0.261 e. The Balaban J connectivity index is 0.729. The van der Waals surface area contributed by atoms with Crippen LogP contribution in [0.5, 0.6) is 5.75 Å². The number of β-amino-alcohol motifs (C(OH)–C–C–N with tert-alkyl or cyclic N) is 1. The molecule has 0 bridgehead atoms. The first-order valence-electron chi connectivity index (χ1n) is 27.5. The van der Waals surface area contributed by atoms with Crippen LogP contribution in [0.4, 0.5) is 13.2 Å². The van der Waals surface area contributed by atoms with Crippen LogP contribution in [0.2, 0.25) is 0 Å². The van der Waals surface area contributed by atoms with Crippen LogP contribution in [0.25, 0.3) is 21.3 Å². The molecule has 6 aromatic rings. The normalized spacial score (nSPS) is 19.1. The lowest BCUT2D eigenvalue weighted by Gasteiger charge is -2.43. The summed E-state index contributed by atoms with van der Waals surface area (Å²) in [6, 6.07) is 19.5. The monoisotopic (exact) mass is 1150 g/mol. The number of thiazole rings is 1. The number of para-hydroxylation sites is 1. The zero-order valence-electron chi connectivity index (χ0n) is 47.1. The molecule has 0 spiro atoms. The van der Waals surface area contributed by atoms with Gasteiger partial charge in [-0.25, -0.2) is 18.2 Å². The fourth-order valence-electron chi connectivity index (χ4n) is 11.1. The molecule has 436 valence electrons. The fraction of sp³-hybridized carbons (Fsp3) is 0.443. The van der Waals surface area contributed by atoms with Crippen molar-refractivity contribution in [1.29, 1.82) is 0 Å². The van der Waals surface area contributed by atoms with Gasteiger partial charge in [0.25, 0.3) is 11.8 Å². The molecule has 5 heterocycles. The van der Waals surface area contributed by atoms with E-state index in [2.05, 4.69) is 20.6 Å². The molecule has 3 aliphatic heterocycles. The molecule has 21 heteroatoms. The van der Waals surface area contributed by atoms with Gasteiger partial charge in [-0.15, -0.1) is 11.3 Å². The summed E-state index contributed by atoms with van der Waals surface area (Å²) in [4.78, 5) is 82.0. The average molecular weight is 1150 g/mol. The highest BCUT2D eigenvalue weighted by Gasteiger charge is 2.46. The van der Waals surface area contributed by atoms with Crippen molar-refractivity contribution >= 4 is 51.8 Å². The average Bonchev–Trinajstić information content (AvgIpc) is 2.57. The summed E-state index contributed by atoms with van der Waals surface area (Å²) >= 11 is 1.48. The third-order valence-electron chi connectivity index (χ3n) is 15.0. The number of halogens is 3. The third kappa shape index (κ3) is 13.4. The van der Waals surface area contributed by atoms with Gasteiger partial charge in [-0.2, -0.15) is 0 Å².